The maximum atomic E-state index is 10.8. The van der Waals surface area contributed by atoms with Crippen LogP contribution >= 0.6 is 0 Å². The summed E-state index contributed by atoms with van der Waals surface area (Å²) in [7, 11) is 0. The molecule has 0 saturated heterocycles. The van der Waals surface area contributed by atoms with E-state index in [4.69, 9.17) is 9.84 Å². The van der Waals surface area contributed by atoms with E-state index in [9.17, 15) is 9.90 Å². The zero-order valence-electron chi connectivity index (χ0n) is 11.4. The number of hydrogen-bond donors (Lipinski definition) is 3. The third-order valence-corrected chi connectivity index (χ3v) is 4.19. The smallest absolute Gasteiger partial charge is 0.306 e. The van der Waals surface area contributed by atoms with Crippen molar-refractivity contribution >= 4 is 5.97 Å². The maximum Gasteiger partial charge on any atom is 0.306 e. The lowest BCUT2D eigenvalue weighted by atomic mass is 9.79. The average molecular weight is 271 g/mol. The molecule has 2 saturated carbocycles. The Bertz CT molecular complexity index is 296. The Kier molecular flexibility index (Phi) is 5.19. The fourth-order valence-electron chi connectivity index (χ4n) is 2.58. The Labute approximate surface area is 114 Å². The Morgan fingerprint density at radius 1 is 1.26 bits per heavy atom. The number of nitrogens with one attached hydrogen (secondary N) is 1. The van der Waals surface area contributed by atoms with Gasteiger partial charge in [0.15, 0.2) is 0 Å². The predicted octanol–water partition coefficient (Wildman–Crippen LogP) is 1.01. The van der Waals surface area contributed by atoms with Crippen LogP contribution in [0.15, 0.2) is 0 Å². The van der Waals surface area contributed by atoms with E-state index in [0.29, 0.717) is 38.8 Å². The molecule has 2 fully saturated rings. The lowest BCUT2D eigenvalue weighted by Crippen LogP contribution is -2.45. The summed E-state index contributed by atoms with van der Waals surface area (Å²) in [4.78, 5) is 10.8. The number of ether oxygens (including phenoxy) is 1. The summed E-state index contributed by atoms with van der Waals surface area (Å²) < 4.78 is 5.51. The van der Waals surface area contributed by atoms with Gasteiger partial charge < -0.3 is 20.3 Å². The van der Waals surface area contributed by atoms with Gasteiger partial charge in [-0.05, 0) is 44.4 Å². The number of carboxylic acids is 1. The molecular formula is C14H25NO4. The predicted molar refractivity (Wildman–Crippen MR) is 71.0 cm³/mol. The van der Waals surface area contributed by atoms with Crippen LogP contribution in [0.5, 0.6) is 0 Å². The van der Waals surface area contributed by atoms with E-state index in [2.05, 4.69) is 5.32 Å². The molecule has 5 nitrogen and oxygen atoms in total. The molecule has 0 aromatic carbocycles. The van der Waals surface area contributed by atoms with Crippen molar-refractivity contribution in [2.75, 3.05) is 26.3 Å². The van der Waals surface area contributed by atoms with Crippen molar-refractivity contribution in [2.45, 2.75) is 44.1 Å². The van der Waals surface area contributed by atoms with E-state index < -0.39 is 11.6 Å². The lowest BCUT2D eigenvalue weighted by molar-refractivity contribution is -0.144. The number of hydrogen-bond acceptors (Lipinski definition) is 4. The third-order valence-electron chi connectivity index (χ3n) is 4.19. The summed E-state index contributed by atoms with van der Waals surface area (Å²) >= 11 is 0. The SMILES string of the molecule is O=C(O)C1CCC(O)(CNCCOCC2CC2)CC1. The highest BCUT2D eigenvalue weighted by Crippen LogP contribution is 2.31. The molecule has 110 valence electrons. The van der Waals surface area contributed by atoms with Gasteiger partial charge in [0.25, 0.3) is 0 Å². The zero-order chi connectivity index (χ0) is 13.7. The highest BCUT2D eigenvalue weighted by molar-refractivity contribution is 5.70. The van der Waals surface area contributed by atoms with E-state index in [1.165, 1.54) is 12.8 Å². The fourth-order valence-corrected chi connectivity index (χ4v) is 2.58. The van der Waals surface area contributed by atoms with Gasteiger partial charge in [-0.2, -0.15) is 0 Å². The van der Waals surface area contributed by atoms with Crippen molar-refractivity contribution in [1.82, 2.24) is 5.32 Å². The molecule has 0 heterocycles. The molecule has 19 heavy (non-hydrogen) atoms. The van der Waals surface area contributed by atoms with Gasteiger partial charge in [-0.25, -0.2) is 0 Å². The van der Waals surface area contributed by atoms with Gasteiger partial charge in [0.1, 0.15) is 0 Å². The highest BCUT2D eigenvalue weighted by Gasteiger charge is 2.35. The molecule has 0 atom stereocenters. The zero-order valence-corrected chi connectivity index (χ0v) is 11.4. The molecule has 0 bridgehead atoms. The van der Waals surface area contributed by atoms with Gasteiger partial charge in [-0.15, -0.1) is 0 Å². The number of rotatable bonds is 8. The van der Waals surface area contributed by atoms with Gasteiger partial charge in [0, 0.05) is 19.7 Å². The summed E-state index contributed by atoms with van der Waals surface area (Å²) in [6.45, 7) is 2.83. The van der Waals surface area contributed by atoms with Crippen LogP contribution in [-0.4, -0.2) is 48.1 Å². The molecule has 0 aromatic heterocycles. The third kappa shape index (κ3) is 5.09. The van der Waals surface area contributed by atoms with Crippen LogP contribution in [-0.2, 0) is 9.53 Å². The lowest BCUT2D eigenvalue weighted by Gasteiger charge is -2.34. The van der Waals surface area contributed by atoms with Crippen molar-refractivity contribution in [1.29, 1.82) is 0 Å². The molecule has 2 aliphatic carbocycles. The molecule has 0 radical (unpaired) electrons. The van der Waals surface area contributed by atoms with Gasteiger partial charge in [0.05, 0.1) is 18.1 Å². The maximum absolute atomic E-state index is 10.8. The second kappa shape index (κ2) is 6.68. The number of aliphatic carboxylic acids is 1. The van der Waals surface area contributed by atoms with Crippen LogP contribution in [0.25, 0.3) is 0 Å². The van der Waals surface area contributed by atoms with E-state index in [-0.39, 0.29) is 5.92 Å². The van der Waals surface area contributed by atoms with Crippen LogP contribution < -0.4 is 5.32 Å². The Hall–Kier alpha value is -0.650. The summed E-state index contributed by atoms with van der Waals surface area (Å²) in [5, 5.41) is 22.5. The first-order valence-corrected chi connectivity index (χ1v) is 7.33. The van der Waals surface area contributed by atoms with E-state index in [0.717, 1.165) is 19.1 Å². The van der Waals surface area contributed by atoms with Crippen LogP contribution in [0.1, 0.15) is 38.5 Å². The second-order valence-corrected chi connectivity index (χ2v) is 6.03. The average Bonchev–Trinajstić information content (AvgIpc) is 3.18. The van der Waals surface area contributed by atoms with Crippen molar-refractivity contribution < 1.29 is 19.7 Å². The minimum absolute atomic E-state index is 0.276. The Morgan fingerprint density at radius 3 is 2.53 bits per heavy atom. The number of aliphatic hydroxyl groups is 1. The molecule has 0 aromatic rings. The monoisotopic (exact) mass is 271 g/mol. The number of carbonyl (C=O) groups is 1. The quantitative estimate of drug-likeness (QED) is 0.574. The fraction of sp³-hybridized carbons (Fsp3) is 0.929. The molecule has 5 heteroatoms. The van der Waals surface area contributed by atoms with Gasteiger partial charge in [0.2, 0.25) is 0 Å². The topological polar surface area (TPSA) is 78.8 Å². The van der Waals surface area contributed by atoms with Crippen molar-refractivity contribution in [3.8, 4) is 0 Å². The highest BCUT2D eigenvalue weighted by atomic mass is 16.5. The molecule has 0 amide bonds. The molecule has 0 spiro atoms. The van der Waals surface area contributed by atoms with Gasteiger partial charge in [-0.3, -0.25) is 4.79 Å². The van der Waals surface area contributed by atoms with Crippen LogP contribution in [0.4, 0.5) is 0 Å². The molecular weight excluding hydrogens is 246 g/mol. The number of carboxylic acid groups (broad SMARTS) is 1. The van der Waals surface area contributed by atoms with Crippen molar-refractivity contribution in [2.24, 2.45) is 11.8 Å². The summed E-state index contributed by atoms with van der Waals surface area (Å²) in [6, 6.07) is 0. The summed E-state index contributed by atoms with van der Waals surface area (Å²) in [6.07, 6.45) is 4.90. The molecule has 2 aliphatic rings. The largest absolute Gasteiger partial charge is 0.481 e. The summed E-state index contributed by atoms with van der Waals surface area (Å²) in [5.41, 5.74) is -0.734. The minimum atomic E-state index is -0.734. The van der Waals surface area contributed by atoms with Gasteiger partial charge >= 0.3 is 5.97 Å². The normalized spacial score (nSPS) is 31.3. The first-order valence-electron chi connectivity index (χ1n) is 7.33. The van der Waals surface area contributed by atoms with Crippen molar-refractivity contribution in [3.63, 3.8) is 0 Å². The van der Waals surface area contributed by atoms with Crippen LogP contribution in [0.3, 0.4) is 0 Å². The Balaban J connectivity index is 1.53. The van der Waals surface area contributed by atoms with Crippen molar-refractivity contribution in [3.05, 3.63) is 0 Å². The first kappa shape index (κ1) is 14.8. The molecule has 2 rings (SSSR count). The second-order valence-electron chi connectivity index (χ2n) is 6.03. The minimum Gasteiger partial charge on any atom is -0.481 e. The molecule has 0 unspecified atom stereocenters. The van der Waals surface area contributed by atoms with E-state index in [1.54, 1.807) is 0 Å². The Morgan fingerprint density at radius 2 is 1.95 bits per heavy atom. The molecule has 3 N–H and O–H groups in total. The first-order chi connectivity index (χ1) is 9.09. The van der Waals surface area contributed by atoms with E-state index >= 15 is 0 Å². The standard InChI is InChI=1S/C14H25NO4/c16-13(17)12-3-5-14(18,6-4-12)10-15-7-8-19-9-11-1-2-11/h11-12,15,18H,1-10H2,(H,16,17). The van der Waals surface area contributed by atoms with Gasteiger partial charge in [-0.1, -0.05) is 0 Å². The van der Waals surface area contributed by atoms with Crippen LogP contribution in [0, 0.1) is 11.8 Å². The van der Waals surface area contributed by atoms with E-state index in [1.807, 2.05) is 0 Å². The molecule has 0 aliphatic heterocycles. The van der Waals surface area contributed by atoms with Crippen LogP contribution in [0.2, 0.25) is 0 Å². The summed E-state index contributed by atoms with van der Waals surface area (Å²) in [5.74, 6) is -0.221.